The number of fused-ring (bicyclic) bond motifs is 1. The highest BCUT2D eigenvalue weighted by Gasteiger charge is 2.34. The number of piperidine rings is 1. The van der Waals surface area contributed by atoms with Crippen molar-refractivity contribution in [1.29, 1.82) is 0 Å². The molecule has 0 spiro atoms. The van der Waals surface area contributed by atoms with E-state index >= 15 is 0 Å². The van der Waals surface area contributed by atoms with E-state index < -0.39 is 0 Å². The van der Waals surface area contributed by atoms with Crippen molar-refractivity contribution < 1.29 is 4.79 Å². The van der Waals surface area contributed by atoms with Gasteiger partial charge in [0.05, 0.1) is 0 Å². The summed E-state index contributed by atoms with van der Waals surface area (Å²) in [4.78, 5) is 14.7. The van der Waals surface area contributed by atoms with Gasteiger partial charge in [0, 0.05) is 24.7 Å². The first-order valence-electron chi connectivity index (χ1n) is 7.25. The molecule has 0 aliphatic carbocycles. The van der Waals surface area contributed by atoms with E-state index in [0.717, 1.165) is 37.2 Å². The number of likely N-dealkylation sites (tertiary alicyclic amines) is 1. The molecular formula is C16H23ClN2O. The highest BCUT2D eigenvalue weighted by atomic mass is 35.5. The van der Waals surface area contributed by atoms with E-state index in [2.05, 4.69) is 23.2 Å². The number of hydrogen-bond donors (Lipinski definition) is 1. The van der Waals surface area contributed by atoms with E-state index in [1.807, 2.05) is 19.1 Å². The van der Waals surface area contributed by atoms with Crippen molar-refractivity contribution in [3.8, 4) is 0 Å². The first-order valence-corrected chi connectivity index (χ1v) is 7.25. The third kappa shape index (κ3) is 2.70. The van der Waals surface area contributed by atoms with Gasteiger partial charge in [-0.15, -0.1) is 12.4 Å². The number of nitrogens with zero attached hydrogens (tertiary/aromatic N) is 1. The van der Waals surface area contributed by atoms with Gasteiger partial charge in [-0.2, -0.15) is 0 Å². The zero-order valence-electron chi connectivity index (χ0n) is 12.2. The first kappa shape index (κ1) is 15.3. The van der Waals surface area contributed by atoms with Crippen LogP contribution in [-0.4, -0.2) is 36.5 Å². The normalized spacial score (nSPS) is 25.0. The highest BCUT2D eigenvalue weighted by molar-refractivity contribution is 5.96. The van der Waals surface area contributed by atoms with Crippen molar-refractivity contribution in [2.45, 2.75) is 32.7 Å². The minimum absolute atomic E-state index is 0. The molecule has 4 heteroatoms. The molecule has 110 valence electrons. The van der Waals surface area contributed by atoms with E-state index in [0.29, 0.717) is 12.0 Å². The van der Waals surface area contributed by atoms with Crippen molar-refractivity contribution in [2.75, 3.05) is 19.6 Å². The standard InChI is InChI=1S/C16H22N2O.ClH/c1-11-4-3-5-14(12(11)2)16(19)18-9-7-15-13(10-18)6-8-17-15;/h3-5,13,15,17H,6-10H2,1-2H3;1H. The second-order valence-corrected chi connectivity index (χ2v) is 5.90. The van der Waals surface area contributed by atoms with Crippen LogP contribution >= 0.6 is 12.4 Å². The molecule has 3 rings (SSSR count). The summed E-state index contributed by atoms with van der Waals surface area (Å²) < 4.78 is 0. The Morgan fingerprint density at radius 1 is 1.30 bits per heavy atom. The number of hydrogen-bond acceptors (Lipinski definition) is 2. The maximum Gasteiger partial charge on any atom is 0.254 e. The Morgan fingerprint density at radius 3 is 2.90 bits per heavy atom. The van der Waals surface area contributed by atoms with Gasteiger partial charge in [-0.3, -0.25) is 4.79 Å². The molecule has 2 fully saturated rings. The van der Waals surface area contributed by atoms with Crippen molar-refractivity contribution in [1.82, 2.24) is 10.2 Å². The fourth-order valence-electron chi connectivity index (χ4n) is 3.39. The average molecular weight is 295 g/mol. The fraction of sp³-hybridized carbons (Fsp3) is 0.562. The molecule has 2 atom stereocenters. The quantitative estimate of drug-likeness (QED) is 0.863. The molecular weight excluding hydrogens is 272 g/mol. The van der Waals surface area contributed by atoms with Crippen molar-refractivity contribution >= 4 is 18.3 Å². The topological polar surface area (TPSA) is 32.3 Å². The maximum absolute atomic E-state index is 12.7. The van der Waals surface area contributed by atoms with Gasteiger partial charge >= 0.3 is 0 Å². The number of nitrogens with one attached hydrogen (secondary N) is 1. The van der Waals surface area contributed by atoms with Gasteiger partial charge in [0.1, 0.15) is 0 Å². The zero-order valence-corrected chi connectivity index (χ0v) is 13.0. The number of carbonyl (C=O) groups is 1. The molecule has 2 unspecified atom stereocenters. The van der Waals surface area contributed by atoms with Crippen LogP contribution in [0.25, 0.3) is 0 Å². The van der Waals surface area contributed by atoms with Crippen LogP contribution in [0.1, 0.15) is 34.3 Å². The summed E-state index contributed by atoms with van der Waals surface area (Å²) in [6.07, 6.45) is 2.31. The largest absolute Gasteiger partial charge is 0.338 e. The second kappa shape index (κ2) is 6.15. The molecule has 2 aliphatic heterocycles. The van der Waals surface area contributed by atoms with Crippen molar-refractivity contribution in [3.05, 3.63) is 34.9 Å². The highest BCUT2D eigenvalue weighted by Crippen LogP contribution is 2.26. The zero-order chi connectivity index (χ0) is 13.4. The maximum atomic E-state index is 12.7. The Labute approximate surface area is 127 Å². The molecule has 1 aromatic carbocycles. The molecule has 2 saturated heterocycles. The summed E-state index contributed by atoms with van der Waals surface area (Å²) in [7, 11) is 0. The smallest absolute Gasteiger partial charge is 0.254 e. The summed E-state index contributed by atoms with van der Waals surface area (Å²) in [6.45, 7) is 7.04. The molecule has 20 heavy (non-hydrogen) atoms. The number of benzene rings is 1. The number of halogens is 1. The van der Waals surface area contributed by atoms with E-state index in [4.69, 9.17) is 0 Å². The van der Waals surface area contributed by atoms with E-state index in [9.17, 15) is 4.79 Å². The second-order valence-electron chi connectivity index (χ2n) is 5.90. The number of rotatable bonds is 1. The van der Waals surface area contributed by atoms with Crippen LogP contribution in [0.3, 0.4) is 0 Å². The van der Waals surface area contributed by atoms with Crippen LogP contribution in [0.2, 0.25) is 0 Å². The Bertz CT molecular complexity index is 503. The predicted molar refractivity (Wildman–Crippen MR) is 83.6 cm³/mol. The SMILES string of the molecule is Cc1cccc(C(=O)N2CCC3NCCC3C2)c1C.Cl. The molecule has 2 aliphatic rings. The molecule has 0 aromatic heterocycles. The Balaban J connectivity index is 0.00000147. The van der Waals surface area contributed by atoms with E-state index in [-0.39, 0.29) is 18.3 Å². The van der Waals surface area contributed by atoms with E-state index in [1.165, 1.54) is 12.0 Å². The van der Waals surface area contributed by atoms with E-state index in [1.54, 1.807) is 0 Å². The van der Waals surface area contributed by atoms with Gasteiger partial charge in [0.2, 0.25) is 0 Å². The Hall–Kier alpha value is -1.06. The van der Waals surface area contributed by atoms with Gasteiger partial charge in [0.25, 0.3) is 5.91 Å². The van der Waals surface area contributed by atoms with Crippen LogP contribution in [0.15, 0.2) is 18.2 Å². The van der Waals surface area contributed by atoms with Crippen molar-refractivity contribution in [2.24, 2.45) is 5.92 Å². The molecule has 1 aromatic rings. The molecule has 2 heterocycles. The van der Waals surface area contributed by atoms with Crippen LogP contribution < -0.4 is 5.32 Å². The number of amides is 1. The lowest BCUT2D eigenvalue weighted by Gasteiger charge is -2.35. The molecule has 1 N–H and O–H groups in total. The first-order chi connectivity index (χ1) is 9.16. The summed E-state index contributed by atoms with van der Waals surface area (Å²) >= 11 is 0. The average Bonchev–Trinajstić information content (AvgIpc) is 2.88. The van der Waals surface area contributed by atoms with Crippen molar-refractivity contribution in [3.63, 3.8) is 0 Å². The van der Waals surface area contributed by atoms with Gasteiger partial charge in [-0.25, -0.2) is 0 Å². The third-order valence-electron chi connectivity index (χ3n) is 4.78. The summed E-state index contributed by atoms with van der Waals surface area (Å²) in [5, 5.41) is 3.54. The van der Waals surface area contributed by atoms with Crippen LogP contribution in [0.5, 0.6) is 0 Å². The molecule has 3 nitrogen and oxygen atoms in total. The van der Waals surface area contributed by atoms with Crippen LogP contribution in [0, 0.1) is 19.8 Å². The monoisotopic (exact) mass is 294 g/mol. The Morgan fingerprint density at radius 2 is 2.10 bits per heavy atom. The summed E-state index contributed by atoms with van der Waals surface area (Å²) in [5.41, 5.74) is 3.20. The number of aryl methyl sites for hydroxylation is 1. The molecule has 0 saturated carbocycles. The molecule has 0 radical (unpaired) electrons. The lowest BCUT2D eigenvalue weighted by molar-refractivity contribution is 0.0661. The van der Waals surface area contributed by atoms with Gasteiger partial charge in [0.15, 0.2) is 0 Å². The summed E-state index contributed by atoms with van der Waals surface area (Å²) in [6, 6.07) is 6.66. The fourth-order valence-corrected chi connectivity index (χ4v) is 3.39. The predicted octanol–water partition coefficient (Wildman–Crippen LogP) is 2.55. The summed E-state index contributed by atoms with van der Waals surface area (Å²) in [5.74, 6) is 0.870. The van der Waals surface area contributed by atoms with Gasteiger partial charge in [-0.05, 0) is 56.3 Å². The lowest BCUT2D eigenvalue weighted by Crippen LogP contribution is -2.47. The minimum Gasteiger partial charge on any atom is -0.338 e. The number of carbonyl (C=O) groups excluding carboxylic acids is 1. The van der Waals surface area contributed by atoms with Crippen LogP contribution in [-0.2, 0) is 0 Å². The van der Waals surface area contributed by atoms with Gasteiger partial charge in [-0.1, -0.05) is 12.1 Å². The minimum atomic E-state index is 0. The van der Waals surface area contributed by atoms with Gasteiger partial charge < -0.3 is 10.2 Å². The molecule has 1 amide bonds. The Kier molecular flexibility index (Phi) is 4.71. The third-order valence-corrected chi connectivity index (χ3v) is 4.78. The lowest BCUT2D eigenvalue weighted by atomic mass is 9.92. The molecule has 0 bridgehead atoms. The van der Waals surface area contributed by atoms with Crippen LogP contribution in [0.4, 0.5) is 0 Å².